The summed E-state index contributed by atoms with van der Waals surface area (Å²) >= 11 is 1.40. The van der Waals surface area contributed by atoms with E-state index in [0.717, 1.165) is 11.3 Å². The summed E-state index contributed by atoms with van der Waals surface area (Å²) in [5.41, 5.74) is 4.34. The van der Waals surface area contributed by atoms with Crippen LogP contribution in [0.15, 0.2) is 22.6 Å². The van der Waals surface area contributed by atoms with Crippen LogP contribution < -0.4 is 5.43 Å². The van der Waals surface area contributed by atoms with E-state index in [1.807, 2.05) is 26.2 Å². The summed E-state index contributed by atoms with van der Waals surface area (Å²) in [5, 5.41) is 27.5. The number of nitrogens with zero attached hydrogens (tertiary/aromatic N) is 3. The zero-order valence-electron chi connectivity index (χ0n) is 12.4. The van der Waals surface area contributed by atoms with Gasteiger partial charge in [0.1, 0.15) is 0 Å². The van der Waals surface area contributed by atoms with Gasteiger partial charge in [-0.05, 0) is 24.5 Å². The fraction of sp³-hybridized carbons (Fsp3) is 0.286. The number of thiazole rings is 1. The summed E-state index contributed by atoms with van der Waals surface area (Å²) < 4.78 is 0. The van der Waals surface area contributed by atoms with Crippen molar-refractivity contribution >= 4 is 28.4 Å². The summed E-state index contributed by atoms with van der Waals surface area (Å²) in [6.07, 6.45) is 1.35. The number of aromatic nitrogens is 1. The van der Waals surface area contributed by atoms with Crippen molar-refractivity contribution in [2.75, 3.05) is 5.43 Å². The fourth-order valence-corrected chi connectivity index (χ4v) is 2.43. The molecule has 0 aliphatic carbocycles. The molecule has 0 aliphatic rings. The maximum absolute atomic E-state index is 11.0. The highest BCUT2D eigenvalue weighted by Crippen LogP contribution is 2.32. The monoisotopic (exact) mass is 320 g/mol. The van der Waals surface area contributed by atoms with Gasteiger partial charge >= 0.3 is 5.69 Å². The first-order valence-electron chi connectivity index (χ1n) is 6.61. The van der Waals surface area contributed by atoms with Gasteiger partial charge in [-0.15, -0.1) is 11.3 Å². The quantitative estimate of drug-likeness (QED) is 0.497. The Bertz CT molecular complexity index is 725. The van der Waals surface area contributed by atoms with Crippen LogP contribution in [0, 0.1) is 17.0 Å². The highest BCUT2D eigenvalue weighted by molar-refractivity contribution is 7.13. The second-order valence-corrected chi connectivity index (χ2v) is 5.91. The number of anilines is 1. The largest absolute Gasteiger partial charge is 0.502 e. The minimum atomic E-state index is -0.601. The fourth-order valence-electron chi connectivity index (χ4n) is 1.80. The summed E-state index contributed by atoms with van der Waals surface area (Å²) in [6, 6.07) is 3.07. The molecule has 0 bridgehead atoms. The molecule has 0 saturated carbocycles. The Morgan fingerprint density at radius 2 is 2.23 bits per heavy atom. The van der Waals surface area contributed by atoms with Crippen LogP contribution in [0.4, 0.5) is 10.8 Å². The molecule has 2 N–H and O–H groups in total. The first-order valence-corrected chi connectivity index (χ1v) is 7.49. The lowest BCUT2D eigenvalue weighted by atomic mass is 9.99. The standard InChI is InChI=1S/C14H16N4O3S/c1-8(2)10-4-11(13(19)12(5-10)18(20)21)6-15-17-14-16-9(3)7-22-14/h4-8,19H,1-3H3,(H,16,17). The molecule has 0 fully saturated rings. The van der Waals surface area contributed by atoms with Crippen LogP contribution >= 0.6 is 11.3 Å². The van der Waals surface area contributed by atoms with Crippen LogP contribution in [0.1, 0.15) is 36.6 Å². The van der Waals surface area contributed by atoms with Crippen LogP contribution in [0.3, 0.4) is 0 Å². The Hall–Kier alpha value is -2.48. The molecule has 1 heterocycles. The first-order chi connectivity index (χ1) is 10.4. The van der Waals surface area contributed by atoms with Crippen LogP contribution in [0.5, 0.6) is 5.75 Å². The minimum Gasteiger partial charge on any atom is -0.502 e. The highest BCUT2D eigenvalue weighted by atomic mass is 32.1. The van der Waals surface area contributed by atoms with Crippen LogP contribution in [0.2, 0.25) is 0 Å². The third-order valence-electron chi connectivity index (χ3n) is 2.99. The molecule has 2 aromatic rings. The average molecular weight is 320 g/mol. The zero-order chi connectivity index (χ0) is 16.3. The van der Waals surface area contributed by atoms with E-state index in [4.69, 9.17) is 0 Å². The second-order valence-electron chi connectivity index (χ2n) is 5.05. The maximum Gasteiger partial charge on any atom is 0.311 e. The smallest absolute Gasteiger partial charge is 0.311 e. The Labute approximate surface area is 131 Å². The number of benzene rings is 1. The van der Waals surface area contributed by atoms with Gasteiger partial charge in [-0.1, -0.05) is 13.8 Å². The molecular formula is C14H16N4O3S. The number of nitro benzene ring substituents is 1. The molecule has 1 aromatic carbocycles. The summed E-state index contributed by atoms with van der Waals surface area (Å²) in [4.78, 5) is 14.6. The predicted molar refractivity (Wildman–Crippen MR) is 86.9 cm³/mol. The van der Waals surface area contributed by atoms with E-state index in [-0.39, 0.29) is 11.6 Å². The Morgan fingerprint density at radius 3 is 2.77 bits per heavy atom. The van der Waals surface area contributed by atoms with Crippen molar-refractivity contribution in [2.45, 2.75) is 26.7 Å². The van der Waals surface area contributed by atoms with Crippen molar-refractivity contribution in [1.82, 2.24) is 4.98 Å². The number of phenols is 1. The van der Waals surface area contributed by atoms with Gasteiger partial charge in [-0.3, -0.25) is 15.5 Å². The molecule has 0 saturated heterocycles. The van der Waals surface area contributed by atoms with Crippen molar-refractivity contribution in [1.29, 1.82) is 0 Å². The molecule has 0 unspecified atom stereocenters. The number of nitro groups is 1. The SMILES string of the molecule is Cc1csc(NN=Cc2cc(C(C)C)cc([N+](=O)[O-])c2O)n1. The maximum atomic E-state index is 11.0. The van der Waals surface area contributed by atoms with E-state index >= 15 is 0 Å². The van der Waals surface area contributed by atoms with Gasteiger partial charge in [0.25, 0.3) is 0 Å². The lowest BCUT2D eigenvalue weighted by Crippen LogP contribution is -1.98. The van der Waals surface area contributed by atoms with Crippen molar-refractivity contribution in [2.24, 2.45) is 5.10 Å². The van der Waals surface area contributed by atoms with Crippen molar-refractivity contribution in [3.8, 4) is 5.75 Å². The zero-order valence-corrected chi connectivity index (χ0v) is 13.2. The molecule has 0 amide bonds. The van der Waals surface area contributed by atoms with Gasteiger partial charge in [-0.2, -0.15) is 5.10 Å². The molecule has 0 radical (unpaired) electrons. The Kier molecular flexibility index (Phi) is 4.71. The lowest BCUT2D eigenvalue weighted by molar-refractivity contribution is -0.385. The number of nitrogens with one attached hydrogen (secondary N) is 1. The number of hydrogen-bond donors (Lipinski definition) is 2. The summed E-state index contributed by atoms with van der Waals surface area (Å²) in [7, 11) is 0. The molecule has 0 spiro atoms. The van der Waals surface area contributed by atoms with Crippen molar-refractivity contribution in [3.63, 3.8) is 0 Å². The summed E-state index contributed by atoms with van der Waals surface area (Å²) in [6.45, 7) is 5.72. The highest BCUT2D eigenvalue weighted by Gasteiger charge is 2.19. The number of hydrogen-bond acceptors (Lipinski definition) is 7. The third kappa shape index (κ3) is 3.59. The van der Waals surface area contributed by atoms with Crippen molar-refractivity contribution < 1.29 is 10.0 Å². The molecule has 0 atom stereocenters. The van der Waals surface area contributed by atoms with Gasteiger partial charge in [0, 0.05) is 17.0 Å². The topological polar surface area (TPSA) is 101 Å². The van der Waals surface area contributed by atoms with E-state index in [2.05, 4.69) is 15.5 Å². The molecule has 0 aliphatic heterocycles. The molecule has 22 heavy (non-hydrogen) atoms. The number of aryl methyl sites for hydroxylation is 1. The lowest BCUT2D eigenvalue weighted by Gasteiger charge is -2.08. The van der Waals surface area contributed by atoms with E-state index in [1.54, 1.807) is 6.07 Å². The Balaban J connectivity index is 2.30. The van der Waals surface area contributed by atoms with E-state index in [1.165, 1.54) is 23.6 Å². The number of phenolic OH excluding ortho intramolecular Hbond substituents is 1. The van der Waals surface area contributed by atoms with Crippen LogP contribution in [-0.2, 0) is 0 Å². The second kappa shape index (κ2) is 6.52. The predicted octanol–water partition coefficient (Wildman–Crippen LogP) is 3.63. The van der Waals surface area contributed by atoms with E-state index < -0.39 is 10.7 Å². The van der Waals surface area contributed by atoms with Gasteiger partial charge in [-0.25, -0.2) is 4.98 Å². The van der Waals surface area contributed by atoms with Crippen molar-refractivity contribution in [3.05, 3.63) is 44.4 Å². The van der Waals surface area contributed by atoms with Gasteiger partial charge in [0.05, 0.1) is 16.8 Å². The molecule has 1 aromatic heterocycles. The van der Waals surface area contributed by atoms with Gasteiger partial charge in [0.15, 0.2) is 0 Å². The normalized spacial score (nSPS) is 11.3. The van der Waals surface area contributed by atoms with E-state index in [9.17, 15) is 15.2 Å². The molecule has 116 valence electrons. The van der Waals surface area contributed by atoms with Gasteiger partial charge < -0.3 is 5.11 Å². The van der Waals surface area contributed by atoms with E-state index in [0.29, 0.717) is 10.7 Å². The molecular weight excluding hydrogens is 304 g/mol. The molecule has 7 nitrogen and oxygen atoms in total. The Morgan fingerprint density at radius 1 is 1.50 bits per heavy atom. The number of aromatic hydroxyl groups is 1. The molecule has 8 heteroatoms. The average Bonchev–Trinajstić information content (AvgIpc) is 2.85. The third-order valence-corrected chi connectivity index (χ3v) is 3.85. The molecule has 2 rings (SSSR count). The minimum absolute atomic E-state index is 0.0982. The first kappa shape index (κ1) is 15.9. The van der Waals surface area contributed by atoms with Gasteiger partial charge in [0.2, 0.25) is 10.9 Å². The van der Waals surface area contributed by atoms with Crippen LogP contribution in [0.25, 0.3) is 0 Å². The number of rotatable bonds is 5. The number of hydrazone groups is 1. The van der Waals surface area contributed by atoms with Crippen LogP contribution in [-0.4, -0.2) is 21.2 Å². The summed E-state index contributed by atoms with van der Waals surface area (Å²) in [5.74, 6) is -0.295.